The molecule has 0 fully saturated rings. The van der Waals surface area contributed by atoms with Gasteiger partial charge in [0.15, 0.2) is 0 Å². The Bertz CT molecular complexity index is 461. The fraction of sp³-hybridized carbons (Fsp3) is 0.455. The van der Waals surface area contributed by atoms with Gasteiger partial charge < -0.3 is 4.89 Å². The molecule has 0 aliphatic carbocycles. The highest BCUT2D eigenvalue weighted by Crippen LogP contribution is 2.42. The van der Waals surface area contributed by atoms with Crippen molar-refractivity contribution in [3.8, 4) is 0 Å². The summed E-state index contributed by atoms with van der Waals surface area (Å²) in [6.45, 7) is 1.80. The monoisotopic (exact) mass is 289 g/mol. The van der Waals surface area contributed by atoms with E-state index in [0.717, 1.165) is 5.56 Å². The van der Waals surface area contributed by atoms with Gasteiger partial charge in [0, 0.05) is 12.1 Å². The highest BCUT2D eigenvalue weighted by molar-refractivity contribution is 7.47. The van der Waals surface area contributed by atoms with Crippen molar-refractivity contribution in [3.05, 3.63) is 39.9 Å². The number of phosphoric ester groups is 1. The zero-order valence-electron chi connectivity index (χ0n) is 10.5. The van der Waals surface area contributed by atoms with Crippen molar-refractivity contribution in [3.63, 3.8) is 0 Å². The Morgan fingerprint density at radius 3 is 2.47 bits per heavy atom. The molecule has 0 spiro atoms. The average Bonchev–Trinajstić information content (AvgIpc) is 2.35. The molecule has 106 valence electrons. The van der Waals surface area contributed by atoms with Gasteiger partial charge in [0.05, 0.1) is 18.1 Å². The van der Waals surface area contributed by atoms with E-state index in [0.29, 0.717) is 12.8 Å². The number of phosphoric acid groups is 1. The number of hydrogen-bond acceptors (Lipinski definition) is 5. The molecule has 7 nitrogen and oxygen atoms in total. The molecule has 0 radical (unpaired) electrons. The van der Waals surface area contributed by atoms with Crippen LogP contribution in [0.4, 0.5) is 5.69 Å². The molecule has 1 atom stereocenters. The van der Waals surface area contributed by atoms with Crippen LogP contribution >= 0.6 is 7.82 Å². The molecule has 0 saturated heterocycles. The van der Waals surface area contributed by atoms with Crippen LogP contribution in [-0.2, 0) is 20.0 Å². The lowest BCUT2D eigenvalue weighted by atomic mass is 10.1. The van der Waals surface area contributed by atoms with Crippen molar-refractivity contribution < 1.29 is 23.4 Å². The fourth-order valence-electron chi connectivity index (χ4n) is 1.44. The third kappa shape index (κ3) is 5.94. The molecule has 0 aromatic heterocycles. The van der Waals surface area contributed by atoms with Crippen molar-refractivity contribution in [2.75, 3.05) is 13.2 Å². The minimum atomic E-state index is -3.92. The first-order valence-corrected chi connectivity index (χ1v) is 7.29. The van der Waals surface area contributed by atoms with Crippen molar-refractivity contribution >= 4 is 13.5 Å². The summed E-state index contributed by atoms with van der Waals surface area (Å²) >= 11 is 0. The molecule has 0 bridgehead atoms. The molecule has 8 heteroatoms. The zero-order chi connectivity index (χ0) is 14.3. The van der Waals surface area contributed by atoms with Crippen LogP contribution in [0, 0.1) is 10.1 Å². The largest absolute Gasteiger partial charge is 0.472 e. The van der Waals surface area contributed by atoms with Crippen molar-refractivity contribution in [1.82, 2.24) is 0 Å². The van der Waals surface area contributed by atoms with Crippen LogP contribution in [0.5, 0.6) is 0 Å². The minimum absolute atomic E-state index is 0.0382. The van der Waals surface area contributed by atoms with E-state index < -0.39 is 12.7 Å². The molecular formula is C11H16NO6P. The molecule has 0 aliphatic heterocycles. The first-order valence-electron chi connectivity index (χ1n) is 5.80. The molecule has 1 rings (SSSR count). The van der Waals surface area contributed by atoms with E-state index in [-0.39, 0.29) is 18.9 Å². The van der Waals surface area contributed by atoms with E-state index in [2.05, 4.69) is 4.52 Å². The number of aryl methyl sites for hydroxylation is 1. The summed E-state index contributed by atoms with van der Waals surface area (Å²) in [5.41, 5.74) is 0.939. The van der Waals surface area contributed by atoms with Crippen LogP contribution in [0.15, 0.2) is 24.3 Å². The van der Waals surface area contributed by atoms with Crippen molar-refractivity contribution in [2.24, 2.45) is 0 Å². The van der Waals surface area contributed by atoms with E-state index in [1.807, 2.05) is 0 Å². The summed E-state index contributed by atoms with van der Waals surface area (Å²) in [5.74, 6) is 0. The second-order valence-corrected chi connectivity index (χ2v) is 5.20. The Kier molecular flexibility index (Phi) is 6.11. The summed E-state index contributed by atoms with van der Waals surface area (Å²) in [4.78, 5) is 19.1. The van der Waals surface area contributed by atoms with Crippen LogP contribution in [0.25, 0.3) is 0 Å². The minimum Gasteiger partial charge on any atom is -0.302 e. The summed E-state index contributed by atoms with van der Waals surface area (Å²) in [7, 11) is -3.92. The second kappa shape index (κ2) is 7.35. The highest BCUT2D eigenvalue weighted by Gasteiger charge is 2.18. The Balaban J connectivity index is 2.33. The first kappa shape index (κ1) is 15.8. The van der Waals surface area contributed by atoms with E-state index in [9.17, 15) is 14.7 Å². The van der Waals surface area contributed by atoms with E-state index in [1.54, 1.807) is 19.1 Å². The van der Waals surface area contributed by atoms with Gasteiger partial charge in [0.1, 0.15) is 0 Å². The van der Waals surface area contributed by atoms with Gasteiger partial charge in [-0.05, 0) is 25.3 Å². The summed E-state index contributed by atoms with van der Waals surface area (Å²) in [6.07, 6.45) is 1.12. The van der Waals surface area contributed by atoms with Crippen molar-refractivity contribution in [2.45, 2.75) is 19.8 Å². The summed E-state index contributed by atoms with van der Waals surface area (Å²) in [6, 6.07) is 6.15. The molecule has 0 amide bonds. The van der Waals surface area contributed by atoms with Gasteiger partial charge in [-0.3, -0.25) is 19.2 Å². The van der Waals surface area contributed by atoms with Crippen molar-refractivity contribution in [1.29, 1.82) is 0 Å². The normalized spacial score (nSPS) is 14.0. The topological polar surface area (TPSA) is 98.9 Å². The molecule has 1 unspecified atom stereocenters. The predicted octanol–water partition coefficient (Wildman–Crippen LogP) is 2.68. The van der Waals surface area contributed by atoms with Crippen LogP contribution in [0.3, 0.4) is 0 Å². The lowest BCUT2D eigenvalue weighted by Crippen LogP contribution is -1.98. The third-order valence-electron chi connectivity index (χ3n) is 2.30. The molecule has 1 aromatic rings. The van der Waals surface area contributed by atoms with Crippen LogP contribution in [0.2, 0.25) is 0 Å². The molecular weight excluding hydrogens is 273 g/mol. The summed E-state index contributed by atoms with van der Waals surface area (Å²) < 4.78 is 20.5. The second-order valence-electron chi connectivity index (χ2n) is 3.75. The Hall–Kier alpha value is -1.27. The maximum atomic E-state index is 11.2. The van der Waals surface area contributed by atoms with Gasteiger partial charge in [0.25, 0.3) is 5.69 Å². The molecule has 0 heterocycles. The summed E-state index contributed by atoms with van der Waals surface area (Å²) in [5, 5.41) is 10.5. The van der Waals surface area contributed by atoms with E-state index in [4.69, 9.17) is 9.42 Å². The van der Waals surface area contributed by atoms with Gasteiger partial charge >= 0.3 is 7.82 Å². The van der Waals surface area contributed by atoms with Gasteiger partial charge in [-0.2, -0.15) is 0 Å². The zero-order valence-corrected chi connectivity index (χ0v) is 11.4. The molecule has 19 heavy (non-hydrogen) atoms. The van der Waals surface area contributed by atoms with Gasteiger partial charge in [0.2, 0.25) is 0 Å². The molecule has 0 saturated carbocycles. The number of rotatable bonds is 8. The highest BCUT2D eigenvalue weighted by atomic mass is 31.2. The SMILES string of the molecule is CCOP(=O)(O)OCCCc1ccc([N+](=O)[O-])cc1. The number of nitro benzene ring substituents is 1. The van der Waals surface area contributed by atoms with Gasteiger partial charge in [-0.1, -0.05) is 12.1 Å². The van der Waals surface area contributed by atoms with Crippen LogP contribution in [0.1, 0.15) is 18.9 Å². The van der Waals surface area contributed by atoms with E-state index in [1.165, 1.54) is 12.1 Å². The van der Waals surface area contributed by atoms with Gasteiger partial charge in [-0.25, -0.2) is 4.57 Å². The van der Waals surface area contributed by atoms with Crippen LogP contribution in [-0.4, -0.2) is 23.0 Å². The Morgan fingerprint density at radius 2 is 1.95 bits per heavy atom. The van der Waals surface area contributed by atoms with Gasteiger partial charge in [-0.15, -0.1) is 0 Å². The smallest absolute Gasteiger partial charge is 0.302 e. The Labute approximate surface area is 110 Å². The first-order chi connectivity index (χ1) is 8.94. The quantitative estimate of drug-likeness (QED) is 0.342. The number of non-ortho nitro benzene ring substituents is 1. The number of benzene rings is 1. The lowest BCUT2D eigenvalue weighted by Gasteiger charge is -2.10. The number of hydrogen-bond donors (Lipinski definition) is 1. The fourth-order valence-corrected chi connectivity index (χ4v) is 2.20. The van der Waals surface area contributed by atoms with Crippen LogP contribution < -0.4 is 0 Å². The maximum Gasteiger partial charge on any atom is 0.472 e. The third-order valence-corrected chi connectivity index (χ3v) is 3.40. The average molecular weight is 289 g/mol. The Morgan fingerprint density at radius 1 is 1.32 bits per heavy atom. The lowest BCUT2D eigenvalue weighted by molar-refractivity contribution is -0.384. The standard InChI is InChI=1S/C11H16NO6P/c1-2-17-19(15,16)18-9-3-4-10-5-7-11(8-6-10)12(13)14/h5-8H,2-4,9H2,1H3,(H,15,16). The molecule has 1 aromatic carbocycles. The number of nitrogens with zero attached hydrogens (tertiary/aromatic N) is 1. The molecule has 1 N–H and O–H groups in total. The predicted molar refractivity (Wildman–Crippen MR) is 68.8 cm³/mol. The van der Waals surface area contributed by atoms with E-state index >= 15 is 0 Å². The maximum absolute atomic E-state index is 11.2. The number of nitro groups is 1. The molecule has 0 aliphatic rings.